The molecule has 2 atom stereocenters. The quantitative estimate of drug-likeness (QED) is 0.740. The number of rotatable bonds is 6. The highest BCUT2D eigenvalue weighted by molar-refractivity contribution is 5.83. The zero-order valence-corrected chi connectivity index (χ0v) is 10.6. The monoisotopic (exact) mass is 234 g/mol. The van der Waals surface area contributed by atoms with Crippen molar-refractivity contribution in [3.63, 3.8) is 0 Å². The highest BCUT2D eigenvalue weighted by Crippen LogP contribution is 2.14. The standard InChI is InChI=1S/C14H22N2O/c1-11(15)7-6-10-16-14(17)12(2)13-8-4-3-5-9-13/h3-5,8-9,11-12H,6-7,10,15H2,1-2H3,(H,16,17). The molecule has 0 fully saturated rings. The van der Waals surface area contributed by atoms with Gasteiger partial charge < -0.3 is 11.1 Å². The van der Waals surface area contributed by atoms with Gasteiger partial charge in [-0.05, 0) is 32.3 Å². The summed E-state index contributed by atoms with van der Waals surface area (Å²) in [5, 5.41) is 2.94. The second kappa shape index (κ2) is 7.07. The van der Waals surface area contributed by atoms with Gasteiger partial charge in [-0.2, -0.15) is 0 Å². The van der Waals surface area contributed by atoms with Gasteiger partial charge in [0.2, 0.25) is 5.91 Å². The van der Waals surface area contributed by atoms with Crippen molar-refractivity contribution in [2.24, 2.45) is 5.73 Å². The summed E-state index contributed by atoms with van der Waals surface area (Å²) in [5.41, 5.74) is 6.70. The zero-order valence-electron chi connectivity index (χ0n) is 10.6. The van der Waals surface area contributed by atoms with Gasteiger partial charge in [0.1, 0.15) is 0 Å². The van der Waals surface area contributed by atoms with E-state index < -0.39 is 0 Å². The van der Waals surface area contributed by atoms with E-state index in [0.717, 1.165) is 18.4 Å². The molecular weight excluding hydrogens is 212 g/mol. The molecule has 0 spiro atoms. The summed E-state index contributed by atoms with van der Waals surface area (Å²) in [7, 11) is 0. The van der Waals surface area contributed by atoms with Crippen LogP contribution >= 0.6 is 0 Å². The first kappa shape index (κ1) is 13.7. The van der Waals surface area contributed by atoms with Crippen molar-refractivity contribution in [2.45, 2.75) is 38.6 Å². The Morgan fingerprint density at radius 1 is 1.29 bits per heavy atom. The molecule has 0 aliphatic carbocycles. The highest BCUT2D eigenvalue weighted by Gasteiger charge is 2.13. The maximum absolute atomic E-state index is 11.8. The molecule has 0 aliphatic heterocycles. The van der Waals surface area contributed by atoms with E-state index in [1.165, 1.54) is 0 Å². The van der Waals surface area contributed by atoms with Crippen molar-refractivity contribution < 1.29 is 4.79 Å². The maximum atomic E-state index is 11.8. The smallest absolute Gasteiger partial charge is 0.227 e. The lowest BCUT2D eigenvalue weighted by Crippen LogP contribution is -2.29. The van der Waals surface area contributed by atoms with Gasteiger partial charge in [-0.15, -0.1) is 0 Å². The molecule has 3 N–H and O–H groups in total. The number of nitrogens with one attached hydrogen (secondary N) is 1. The van der Waals surface area contributed by atoms with E-state index in [2.05, 4.69) is 5.32 Å². The van der Waals surface area contributed by atoms with E-state index in [4.69, 9.17) is 5.73 Å². The summed E-state index contributed by atoms with van der Waals surface area (Å²) in [6, 6.07) is 10.0. The van der Waals surface area contributed by atoms with Crippen LogP contribution in [0.4, 0.5) is 0 Å². The third-order valence-corrected chi connectivity index (χ3v) is 2.83. The molecule has 0 aliphatic rings. The third-order valence-electron chi connectivity index (χ3n) is 2.83. The molecule has 3 heteroatoms. The topological polar surface area (TPSA) is 55.1 Å². The van der Waals surface area contributed by atoms with E-state index in [-0.39, 0.29) is 17.9 Å². The number of amides is 1. The van der Waals surface area contributed by atoms with E-state index in [1.807, 2.05) is 44.2 Å². The number of benzene rings is 1. The fraction of sp³-hybridized carbons (Fsp3) is 0.500. The maximum Gasteiger partial charge on any atom is 0.227 e. The first-order valence-corrected chi connectivity index (χ1v) is 6.19. The molecule has 0 aromatic heterocycles. The van der Waals surface area contributed by atoms with E-state index >= 15 is 0 Å². The van der Waals surface area contributed by atoms with Crippen molar-refractivity contribution in [2.75, 3.05) is 6.54 Å². The van der Waals surface area contributed by atoms with E-state index in [9.17, 15) is 4.79 Å². The zero-order chi connectivity index (χ0) is 12.7. The van der Waals surface area contributed by atoms with Gasteiger partial charge in [0.05, 0.1) is 5.92 Å². The third kappa shape index (κ3) is 5.00. The van der Waals surface area contributed by atoms with Crippen LogP contribution in [0.25, 0.3) is 0 Å². The van der Waals surface area contributed by atoms with Crippen LogP contribution in [0.2, 0.25) is 0 Å². The number of carbonyl (C=O) groups is 1. The molecule has 0 radical (unpaired) electrons. The van der Waals surface area contributed by atoms with Crippen LogP contribution in [0.3, 0.4) is 0 Å². The molecule has 1 rings (SSSR count). The van der Waals surface area contributed by atoms with Crippen LogP contribution < -0.4 is 11.1 Å². The molecule has 0 heterocycles. The predicted molar refractivity (Wildman–Crippen MR) is 70.8 cm³/mol. The van der Waals surface area contributed by atoms with Crippen molar-refractivity contribution in [1.82, 2.24) is 5.32 Å². The Morgan fingerprint density at radius 2 is 1.94 bits per heavy atom. The number of nitrogens with two attached hydrogens (primary N) is 1. The molecule has 0 saturated carbocycles. The molecule has 0 bridgehead atoms. The summed E-state index contributed by atoms with van der Waals surface area (Å²) in [5.74, 6) is -0.00706. The Balaban J connectivity index is 2.33. The SMILES string of the molecule is CC(N)CCCNC(=O)C(C)c1ccccc1. The second-order valence-corrected chi connectivity index (χ2v) is 4.54. The lowest BCUT2D eigenvalue weighted by atomic mass is 10.0. The molecule has 0 saturated heterocycles. The molecule has 94 valence electrons. The molecule has 2 unspecified atom stereocenters. The van der Waals surface area contributed by atoms with E-state index in [1.54, 1.807) is 0 Å². The Labute approximate surface area is 103 Å². The van der Waals surface area contributed by atoms with Gasteiger partial charge in [0, 0.05) is 12.6 Å². The number of hydrogen-bond donors (Lipinski definition) is 2. The number of carbonyl (C=O) groups excluding carboxylic acids is 1. The van der Waals surface area contributed by atoms with Gasteiger partial charge >= 0.3 is 0 Å². The molecule has 1 amide bonds. The normalized spacial score (nSPS) is 14.1. The summed E-state index contributed by atoms with van der Waals surface area (Å²) in [4.78, 5) is 11.8. The summed E-state index contributed by atoms with van der Waals surface area (Å²) < 4.78 is 0. The van der Waals surface area contributed by atoms with Gasteiger partial charge in [0.15, 0.2) is 0 Å². The average molecular weight is 234 g/mol. The number of hydrogen-bond acceptors (Lipinski definition) is 2. The largest absolute Gasteiger partial charge is 0.356 e. The minimum Gasteiger partial charge on any atom is -0.356 e. The van der Waals surface area contributed by atoms with Crippen molar-refractivity contribution in [3.8, 4) is 0 Å². The average Bonchev–Trinajstić information content (AvgIpc) is 2.34. The molecule has 3 nitrogen and oxygen atoms in total. The van der Waals surface area contributed by atoms with Gasteiger partial charge in [-0.25, -0.2) is 0 Å². The first-order chi connectivity index (χ1) is 8.11. The van der Waals surface area contributed by atoms with Crippen molar-refractivity contribution >= 4 is 5.91 Å². The van der Waals surface area contributed by atoms with E-state index in [0.29, 0.717) is 6.54 Å². The summed E-state index contributed by atoms with van der Waals surface area (Å²) in [6.07, 6.45) is 1.88. The van der Waals surface area contributed by atoms with Crippen LogP contribution in [0.1, 0.15) is 38.2 Å². The Kier molecular flexibility index (Phi) is 5.70. The molecule has 1 aromatic rings. The molecule has 1 aromatic carbocycles. The summed E-state index contributed by atoms with van der Waals surface area (Å²) in [6.45, 7) is 4.61. The minimum absolute atomic E-state index is 0.0841. The van der Waals surface area contributed by atoms with Crippen LogP contribution in [-0.4, -0.2) is 18.5 Å². The highest BCUT2D eigenvalue weighted by atomic mass is 16.1. The first-order valence-electron chi connectivity index (χ1n) is 6.19. The Bertz CT molecular complexity index is 335. The second-order valence-electron chi connectivity index (χ2n) is 4.54. The minimum atomic E-state index is -0.0912. The Hall–Kier alpha value is -1.35. The molecular formula is C14H22N2O. The van der Waals surface area contributed by atoms with Gasteiger partial charge in [0.25, 0.3) is 0 Å². The van der Waals surface area contributed by atoms with Crippen molar-refractivity contribution in [1.29, 1.82) is 0 Å². The van der Waals surface area contributed by atoms with Crippen LogP contribution in [0.5, 0.6) is 0 Å². The van der Waals surface area contributed by atoms with Gasteiger partial charge in [-0.3, -0.25) is 4.79 Å². The predicted octanol–water partition coefficient (Wildman–Crippen LogP) is 2.03. The summed E-state index contributed by atoms with van der Waals surface area (Å²) >= 11 is 0. The fourth-order valence-corrected chi connectivity index (χ4v) is 1.68. The van der Waals surface area contributed by atoms with Crippen LogP contribution in [-0.2, 0) is 4.79 Å². The Morgan fingerprint density at radius 3 is 2.53 bits per heavy atom. The lowest BCUT2D eigenvalue weighted by Gasteiger charge is -2.12. The fourth-order valence-electron chi connectivity index (χ4n) is 1.68. The van der Waals surface area contributed by atoms with Crippen LogP contribution in [0.15, 0.2) is 30.3 Å². The lowest BCUT2D eigenvalue weighted by molar-refractivity contribution is -0.122. The van der Waals surface area contributed by atoms with Crippen LogP contribution in [0, 0.1) is 0 Å². The van der Waals surface area contributed by atoms with Gasteiger partial charge in [-0.1, -0.05) is 30.3 Å². The van der Waals surface area contributed by atoms with Crippen molar-refractivity contribution in [3.05, 3.63) is 35.9 Å². The molecule has 17 heavy (non-hydrogen) atoms.